The van der Waals surface area contributed by atoms with Crippen molar-refractivity contribution in [3.8, 4) is 45.6 Å². The van der Waals surface area contributed by atoms with E-state index in [4.69, 9.17) is 0 Å². The zero-order valence-electron chi connectivity index (χ0n) is 29.3. The van der Waals surface area contributed by atoms with E-state index in [1.807, 2.05) is 74.5 Å². The number of aliphatic hydroxyl groups is 1. The van der Waals surface area contributed by atoms with Gasteiger partial charge in [0.15, 0.2) is 23.0 Å². The number of phenols is 6. The van der Waals surface area contributed by atoms with E-state index in [2.05, 4.69) is 10.6 Å². The number of hydrogen-bond donors (Lipinski definition) is 9. The Morgan fingerprint density at radius 3 is 1.60 bits per heavy atom. The van der Waals surface area contributed by atoms with Crippen LogP contribution in [-0.4, -0.2) is 54.7 Å². The quantitative estimate of drug-likeness (QED) is 0.0518. The van der Waals surface area contributed by atoms with Crippen LogP contribution in [0.2, 0.25) is 0 Å². The van der Waals surface area contributed by atoms with Crippen molar-refractivity contribution in [2.45, 2.75) is 45.8 Å². The second-order valence-electron chi connectivity index (χ2n) is 13.4. The maximum absolute atomic E-state index is 13.5. The molecule has 0 aliphatic rings. The molecule has 6 rings (SSSR count). The molecule has 0 aromatic heterocycles. The highest BCUT2D eigenvalue weighted by Gasteiger charge is 2.28. The van der Waals surface area contributed by atoms with Crippen LogP contribution in [0.1, 0.15) is 70.1 Å². The van der Waals surface area contributed by atoms with Gasteiger partial charge in [-0.2, -0.15) is 0 Å². The molecule has 0 aliphatic carbocycles. The molecule has 0 fully saturated rings. The number of amides is 1. The highest BCUT2D eigenvalue weighted by molar-refractivity contribution is 6.14. The minimum atomic E-state index is -1.42. The minimum Gasteiger partial charge on any atom is -0.507 e. The number of phenolic OH excluding ortho intramolecular Hbond substituents is 6. The average Bonchev–Trinajstić information content (AvgIpc) is 3.13. The van der Waals surface area contributed by atoms with Crippen LogP contribution >= 0.6 is 0 Å². The Labute approximate surface area is 300 Å². The van der Waals surface area contributed by atoms with Gasteiger partial charge in [-0.1, -0.05) is 74.5 Å². The predicted molar refractivity (Wildman–Crippen MR) is 201 cm³/mol. The summed E-state index contributed by atoms with van der Waals surface area (Å²) in [6.07, 6.45) is -1.42. The number of carbonyl (C=O) groups excluding carboxylic acids is 1. The Hall–Kier alpha value is -5.97. The molecule has 0 radical (unpaired) electrons. The fraction of sp³-hybridized carbons (Fsp3) is 0.214. The molecule has 3 atom stereocenters. The standard InChI is InChI=1S/C42H42N2O8/c1-21-15-27-29(17-31(45)39(49)35(27)41(51)43-19-23(3)25-11-7-5-8-12-25)37(47)33(21)34-22(2)16-28-30(38(34)48)18-32(46)40(50)36(28)42(52)44-20-24(4)26-13-9-6-10-14-26/h5-18,23-24,41,43,45-51H,19-20H2,1-4H3,(H,44,52). The Morgan fingerprint density at radius 2 is 1.06 bits per heavy atom. The van der Waals surface area contributed by atoms with Crippen LogP contribution in [0.15, 0.2) is 84.9 Å². The summed E-state index contributed by atoms with van der Waals surface area (Å²) in [5.41, 5.74) is 3.07. The van der Waals surface area contributed by atoms with Crippen molar-refractivity contribution < 1.29 is 40.5 Å². The molecule has 1 amide bonds. The molecule has 0 saturated carbocycles. The largest absolute Gasteiger partial charge is 0.507 e. The van der Waals surface area contributed by atoms with Gasteiger partial charge < -0.3 is 41.1 Å². The highest BCUT2D eigenvalue weighted by Crippen LogP contribution is 2.51. The Balaban J connectivity index is 1.41. The first-order valence-corrected chi connectivity index (χ1v) is 17.0. The summed E-state index contributed by atoms with van der Waals surface area (Å²) in [5, 5.41) is 84.5. The lowest BCUT2D eigenvalue weighted by molar-refractivity contribution is 0.0950. The average molecular weight is 703 g/mol. The van der Waals surface area contributed by atoms with Crippen LogP contribution in [-0.2, 0) is 0 Å². The van der Waals surface area contributed by atoms with E-state index in [1.54, 1.807) is 26.0 Å². The number of hydrogen-bond acceptors (Lipinski definition) is 9. The summed E-state index contributed by atoms with van der Waals surface area (Å²) in [4.78, 5) is 13.5. The van der Waals surface area contributed by atoms with E-state index in [0.29, 0.717) is 17.7 Å². The molecule has 52 heavy (non-hydrogen) atoms. The number of aromatic hydroxyl groups is 6. The van der Waals surface area contributed by atoms with E-state index < -0.39 is 35.1 Å². The molecule has 6 aromatic rings. The Bertz CT molecular complexity index is 2310. The van der Waals surface area contributed by atoms with Crippen LogP contribution in [0.5, 0.6) is 34.5 Å². The van der Waals surface area contributed by atoms with E-state index in [0.717, 1.165) is 17.2 Å². The van der Waals surface area contributed by atoms with Crippen LogP contribution in [0, 0.1) is 13.8 Å². The predicted octanol–water partition coefficient (Wildman–Crippen LogP) is 7.43. The highest BCUT2D eigenvalue weighted by atomic mass is 16.3. The van der Waals surface area contributed by atoms with E-state index in [9.17, 15) is 40.5 Å². The summed E-state index contributed by atoms with van der Waals surface area (Å²) >= 11 is 0. The Morgan fingerprint density at radius 1 is 0.596 bits per heavy atom. The van der Waals surface area contributed by atoms with Crippen molar-refractivity contribution in [2.75, 3.05) is 13.1 Å². The zero-order chi connectivity index (χ0) is 37.4. The molecular weight excluding hydrogens is 660 g/mol. The van der Waals surface area contributed by atoms with Crippen molar-refractivity contribution in [3.63, 3.8) is 0 Å². The van der Waals surface area contributed by atoms with E-state index in [-0.39, 0.29) is 73.7 Å². The third kappa shape index (κ3) is 6.50. The third-order valence-electron chi connectivity index (χ3n) is 9.85. The summed E-state index contributed by atoms with van der Waals surface area (Å²) < 4.78 is 0. The molecule has 9 N–H and O–H groups in total. The van der Waals surface area contributed by atoms with Gasteiger partial charge in [0.1, 0.15) is 17.7 Å². The fourth-order valence-electron chi connectivity index (χ4n) is 6.95. The summed E-state index contributed by atoms with van der Waals surface area (Å²) in [7, 11) is 0. The molecule has 268 valence electrons. The smallest absolute Gasteiger partial charge is 0.255 e. The second-order valence-corrected chi connectivity index (χ2v) is 13.4. The van der Waals surface area contributed by atoms with Gasteiger partial charge in [-0.05, 0) is 77.6 Å². The fourth-order valence-corrected chi connectivity index (χ4v) is 6.95. The lowest BCUT2D eigenvalue weighted by Crippen LogP contribution is -2.27. The van der Waals surface area contributed by atoms with Gasteiger partial charge in [0.25, 0.3) is 5.91 Å². The van der Waals surface area contributed by atoms with Crippen molar-refractivity contribution in [1.82, 2.24) is 10.6 Å². The number of aryl methyl sites for hydroxylation is 2. The monoisotopic (exact) mass is 702 g/mol. The Kier molecular flexibility index (Phi) is 9.88. The zero-order valence-corrected chi connectivity index (χ0v) is 29.3. The lowest BCUT2D eigenvalue weighted by atomic mass is 9.87. The van der Waals surface area contributed by atoms with E-state index in [1.165, 1.54) is 6.07 Å². The van der Waals surface area contributed by atoms with Gasteiger partial charge in [-0.15, -0.1) is 0 Å². The maximum atomic E-state index is 13.5. The van der Waals surface area contributed by atoms with Crippen LogP contribution in [0.3, 0.4) is 0 Å². The van der Waals surface area contributed by atoms with Gasteiger partial charge in [0.05, 0.1) is 5.56 Å². The SMILES string of the molecule is Cc1cc2c(C(=O)NCC(C)c3ccccc3)c(O)c(O)cc2c(O)c1-c1c(C)cc2c(C(O)NCC(C)c3ccccc3)c(O)c(O)cc2c1O. The third-order valence-corrected chi connectivity index (χ3v) is 9.85. The van der Waals surface area contributed by atoms with Gasteiger partial charge in [0, 0.05) is 45.9 Å². The number of fused-ring (bicyclic) bond motifs is 2. The van der Waals surface area contributed by atoms with Crippen molar-refractivity contribution in [1.29, 1.82) is 0 Å². The van der Waals surface area contributed by atoms with Gasteiger partial charge in [-0.3, -0.25) is 10.1 Å². The summed E-state index contributed by atoms with van der Waals surface area (Å²) in [6.45, 7) is 7.87. The molecule has 0 bridgehead atoms. The molecule has 10 heteroatoms. The number of benzene rings is 6. The minimum absolute atomic E-state index is 0.00736. The molecule has 0 aliphatic heterocycles. The summed E-state index contributed by atoms with van der Waals surface area (Å²) in [6, 6.07) is 24.9. The molecule has 3 unspecified atom stereocenters. The van der Waals surface area contributed by atoms with Gasteiger partial charge >= 0.3 is 0 Å². The molecule has 6 aromatic carbocycles. The number of rotatable bonds is 10. The molecule has 10 nitrogen and oxygen atoms in total. The summed E-state index contributed by atoms with van der Waals surface area (Å²) in [5.74, 6) is -3.77. The number of aliphatic hydroxyl groups excluding tert-OH is 1. The molecule has 0 saturated heterocycles. The normalized spacial score (nSPS) is 13.2. The first-order chi connectivity index (χ1) is 24.8. The molecule has 0 heterocycles. The topological polar surface area (TPSA) is 183 Å². The van der Waals surface area contributed by atoms with Crippen molar-refractivity contribution in [2.24, 2.45) is 0 Å². The van der Waals surface area contributed by atoms with Crippen molar-refractivity contribution in [3.05, 3.63) is 118 Å². The van der Waals surface area contributed by atoms with E-state index >= 15 is 0 Å². The van der Waals surface area contributed by atoms with Gasteiger partial charge in [-0.25, -0.2) is 0 Å². The first-order valence-electron chi connectivity index (χ1n) is 17.0. The van der Waals surface area contributed by atoms with Crippen LogP contribution in [0.25, 0.3) is 32.7 Å². The second kappa shape index (κ2) is 14.3. The number of nitrogens with one attached hydrogen (secondary N) is 2. The molecular formula is C42H42N2O8. The van der Waals surface area contributed by atoms with Crippen molar-refractivity contribution >= 4 is 27.5 Å². The van der Waals surface area contributed by atoms with Crippen LogP contribution < -0.4 is 10.6 Å². The van der Waals surface area contributed by atoms with Crippen LogP contribution in [0.4, 0.5) is 0 Å². The lowest BCUT2D eigenvalue weighted by Gasteiger charge is -2.23. The first kappa shape index (κ1) is 35.8. The molecule has 0 spiro atoms. The van der Waals surface area contributed by atoms with Gasteiger partial charge in [0.2, 0.25) is 0 Å². The maximum Gasteiger partial charge on any atom is 0.255 e. The number of carbonyl (C=O) groups is 1.